The van der Waals surface area contributed by atoms with E-state index in [4.69, 9.17) is 9.47 Å². The van der Waals surface area contributed by atoms with E-state index < -0.39 is 10.0 Å². The van der Waals surface area contributed by atoms with Gasteiger partial charge >= 0.3 is 0 Å². The van der Waals surface area contributed by atoms with E-state index in [2.05, 4.69) is 0 Å². The maximum Gasteiger partial charge on any atom is 0.243 e. The summed E-state index contributed by atoms with van der Waals surface area (Å²) in [5.74, 6) is 1.63. The summed E-state index contributed by atoms with van der Waals surface area (Å²) >= 11 is 0. The molecule has 7 heteroatoms. The Bertz CT molecular complexity index is 935. The van der Waals surface area contributed by atoms with Gasteiger partial charge in [0.25, 0.3) is 0 Å². The van der Waals surface area contributed by atoms with Crippen molar-refractivity contribution < 1.29 is 22.8 Å². The standard InChI is InChI=1S/C21H28N2O4S/c1-16-5-8-21(17(2)13-16)28(24,25)23-11-9-22(10-12-23)15-18-14-19(26-3)6-7-20(18)27-4/h5-8,13-14H,9-12,15H2,1-4H3/p+1. The summed E-state index contributed by atoms with van der Waals surface area (Å²) in [5.41, 5.74) is 2.94. The number of sulfonamides is 1. The lowest BCUT2D eigenvalue weighted by molar-refractivity contribution is -0.917. The molecule has 1 aliphatic rings. The first-order chi connectivity index (χ1) is 13.3. The molecule has 28 heavy (non-hydrogen) atoms. The summed E-state index contributed by atoms with van der Waals surface area (Å²) in [6.07, 6.45) is 0. The van der Waals surface area contributed by atoms with Crippen LogP contribution in [0.1, 0.15) is 16.7 Å². The molecule has 2 aromatic carbocycles. The van der Waals surface area contributed by atoms with E-state index in [0.717, 1.165) is 47.8 Å². The van der Waals surface area contributed by atoms with Gasteiger partial charge in [0.05, 0.1) is 50.9 Å². The maximum absolute atomic E-state index is 13.0. The third-order valence-corrected chi connectivity index (χ3v) is 7.36. The van der Waals surface area contributed by atoms with Crippen molar-refractivity contribution in [2.45, 2.75) is 25.3 Å². The van der Waals surface area contributed by atoms with Gasteiger partial charge in [-0.3, -0.25) is 0 Å². The molecule has 1 N–H and O–H groups in total. The van der Waals surface area contributed by atoms with Crippen molar-refractivity contribution in [3.05, 3.63) is 53.1 Å². The third kappa shape index (κ3) is 4.32. The minimum absolute atomic E-state index is 0.413. The molecule has 0 aliphatic carbocycles. The average Bonchev–Trinajstić information content (AvgIpc) is 2.68. The van der Waals surface area contributed by atoms with E-state index >= 15 is 0 Å². The highest BCUT2D eigenvalue weighted by atomic mass is 32.2. The second kappa shape index (κ2) is 8.51. The summed E-state index contributed by atoms with van der Waals surface area (Å²) < 4.78 is 38.5. The Kier molecular flexibility index (Phi) is 6.27. The Labute approximate surface area is 167 Å². The minimum atomic E-state index is -3.45. The largest absolute Gasteiger partial charge is 0.497 e. The fourth-order valence-corrected chi connectivity index (χ4v) is 5.38. The van der Waals surface area contributed by atoms with Crippen LogP contribution in [-0.2, 0) is 16.6 Å². The van der Waals surface area contributed by atoms with Crippen LogP contribution in [0.25, 0.3) is 0 Å². The van der Waals surface area contributed by atoms with Crippen LogP contribution in [-0.4, -0.2) is 53.1 Å². The summed E-state index contributed by atoms with van der Waals surface area (Å²) in [5, 5.41) is 0. The van der Waals surface area contributed by atoms with Gasteiger partial charge in [-0.25, -0.2) is 8.42 Å². The lowest BCUT2D eigenvalue weighted by atomic mass is 10.1. The Morgan fingerprint density at radius 3 is 2.32 bits per heavy atom. The van der Waals surface area contributed by atoms with Gasteiger partial charge in [-0.2, -0.15) is 4.31 Å². The second-order valence-electron chi connectivity index (χ2n) is 7.28. The molecule has 1 aliphatic heterocycles. The van der Waals surface area contributed by atoms with E-state index in [1.54, 1.807) is 24.6 Å². The quantitative estimate of drug-likeness (QED) is 0.790. The molecule has 2 aromatic rings. The van der Waals surface area contributed by atoms with Crippen LogP contribution in [0.15, 0.2) is 41.3 Å². The number of methoxy groups -OCH3 is 2. The number of benzene rings is 2. The van der Waals surface area contributed by atoms with Crippen LogP contribution in [0.3, 0.4) is 0 Å². The van der Waals surface area contributed by atoms with Crippen LogP contribution >= 0.6 is 0 Å². The Morgan fingerprint density at radius 1 is 1.00 bits per heavy atom. The molecule has 0 amide bonds. The van der Waals surface area contributed by atoms with E-state index in [9.17, 15) is 8.42 Å². The number of piperazine rings is 1. The molecule has 0 atom stereocenters. The van der Waals surface area contributed by atoms with Crippen molar-refractivity contribution in [1.82, 2.24) is 4.31 Å². The van der Waals surface area contributed by atoms with Crippen LogP contribution < -0.4 is 14.4 Å². The Balaban J connectivity index is 1.69. The highest BCUT2D eigenvalue weighted by Crippen LogP contribution is 2.24. The molecule has 6 nitrogen and oxygen atoms in total. The SMILES string of the molecule is COc1ccc(OC)c(C[NH+]2CCN(S(=O)(=O)c3ccc(C)cc3C)CC2)c1. The number of rotatable bonds is 6. The van der Waals surface area contributed by atoms with Crippen LogP contribution in [0.2, 0.25) is 0 Å². The normalized spacial score (nSPS) is 16.1. The lowest BCUT2D eigenvalue weighted by Gasteiger charge is -2.32. The van der Waals surface area contributed by atoms with Crippen molar-refractivity contribution in [3.63, 3.8) is 0 Å². The van der Waals surface area contributed by atoms with Gasteiger partial charge in [0.1, 0.15) is 18.0 Å². The molecule has 0 bridgehead atoms. The predicted octanol–water partition coefficient (Wildman–Crippen LogP) is 1.41. The minimum Gasteiger partial charge on any atom is -0.497 e. The smallest absolute Gasteiger partial charge is 0.243 e. The van der Waals surface area contributed by atoms with Gasteiger partial charge < -0.3 is 14.4 Å². The van der Waals surface area contributed by atoms with Crippen molar-refractivity contribution in [3.8, 4) is 11.5 Å². The monoisotopic (exact) mass is 405 g/mol. The molecule has 0 unspecified atom stereocenters. The van der Waals surface area contributed by atoms with Gasteiger partial charge in [-0.1, -0.05) is 17.7 Å². The second-order valence-corrected chi connectivity index (χ2v) is 9.18. The topological polar surface area (TPSA) is 60.3 Å². The maximum atomic E-state index is 13.0. The predicted molar refractivity (Wildman–Crippen MR) is 109 cm³/mol. The first-order valence-corrected chi connectivity index (χ1v) is 10.9. The van der Waals surface area contributed by atoms with Crippen molar-refractivity contribution in [2.75, 3.05) is 40.4 Å². The summed E-state index contributed by atoms with van der Waals surface area (Å²) in [6, 6.07) is 11.3. The summed E-state index contributed by atoms with van der Waals surface area (Å²) in [4.78, 5) is 1.75. The molecular weight excluding hydrogens is 376 g/mol. The van der Waals surface area contributed by atoms with E-state index in [0.29, 0.717) is 18.0 Å². The van der Waals surface area contributed by atoms with Crippen molar-refractivity contribution >= 4 is 10.0 Å². The molecule has 152 valence electrons. The number of aryl methyl sites for hydroxylation is 2. The van der Waals surface area contributed by atoms with E-state index in [1.807, 2.05) is 44.2 Å². The summed E-state index contributed by atoms with van der Waals surface area (Å²) in [7, 11) is -0.144. The van der Waals surface area contributed by atoms with Crippen LogP contribution in [0.5, 0.6) is 11.5 Å². The molecular formula is C21H29N2O4S+. The van der Waals surface area contributed by atoms with Gasteiger partial charge in [-0.05, 0) is 43.7 Å². The number of ether oxygens (including phenoxy) is 2. The lowest BCUT2D eigenvalue weighted by Crippen LogP contribution is -3.13. The zero-order valence-corrected chi connectivity index (χ0v) is 17.8. The molecule has 1 fully saturated rings. The number of hydrogen-bond acceptors (Lipinski definition) is 4. The molecule has 0 spiro atoms. The number of hydrogen-bond donors (Lipinski definition) is 1. The Hall–Kier alpha value is -2.09. The van der Waals surface area contributed by atoms with E-state index in [1.165, 1.54) is 4.90 Å². The van der Waals surface area contributed by atoms with E-state index in [-0.39, 0.29) is 0 Å². The number of nitrogens with zero attached hydrogens (tertiary/aromatic N) is 1. The average molecular weight is 406 g/mol. The van der Waals surface area contributed by atoms with Crippen molar-refractivity contribution in [1.29, 1.82) is 0 Å². The molecule has 0 radical (unpaired) electrons. The van der Waals surface area contributed by atoms with Crippen molar-refractivity contribution in [2.24, 2.45) is 0 Å². The zero-order chi connectivity index (χ0) is 20.3. The number of nitrogens with one attached hydrogen (secondary N) is 1. The first kappa shape index (κ1) is 20.6. The van der Waals surface area contributed by atoms with Gasteiger partial charge in [0, 0.05) is 0 Å². The molecule has 0 aromatic heterocycles. The molecule has 1 heterocycles. The number of quaternary nitrogens is 1. The van der Waals surface area contributed by atoms with Crippen LogP contribution in [0, 0.1) is 13.8 Å². The fourth-order valence-electron chi connectivity index (χ4n) is 3.74. The van der Waals surface area contributed by atoms with Gasteiger partial charge in [-0.15, -0.1) is 0 Å². The molecule has 0 saturated carbocycles. The van der Waals surface area contributed by atoms with Crippen LogP contribution in [0.4, 0.5) is 0 Å². The molecule has 3 rings (SSSR count). The highest BCUT2D eigenvalue weighted by molar-refractivity contribution is 7.89. The highest BCUT2D eigenvalue weighted by Gasteiger charge is 2.31. The Morgan fingerprint density at radius 2 is 1.71 bits per heavy atom. The first-order valence-electron chi connectivity index (χ1n) is 9.47. The summed E-state index contributed by atoms with van der Waals surface area (Å²) in [6.45, 7) is 7.14. The van der Waals surface area contributed by atoms with Gasteiger partial charge in [0.15, 0.2) is 0 Å². The third-order valence-electron chi connectivity index (χ3n) is 5.31. The van der Waals surface area contributed by atoms with Gasteiger partial charge in [0.2, 0.25) is 10.0 Å². The molecule has 1 saturated heterocycles. The zero-order valence-electron chi connectivity index (χ0n) is 17.0. The fraction of sp³-hybridized carbons (Fsp3) is 0.429.